The van der Waals surface area contributed by atoms with Crippen LogP contribution in [-0.4, -0.2) is 16.1 Å². The Labute approximate surface area is 109 Å². The predicted octanol–water partition coefficient (Wildman–Crippen LogP) is 3.25. The molecule has 1 heterocycles. The standard InChI is InChI=1S/C14H13NO2S/c1-10-15-12(13(18-10)9-14(16)17)8-7-11-5-3-2-4-6-11/h2-8H,9H2,1H3,(H,16,17). The van der Waals surface area contributed by atoms with Crippen molar-refractivity contribution in [3.8, 4) is 0 Å². The minimum Gasteiger partial charge on any atom is -0.481 e. The Morgan fingerprint density at radius 2 is 2.06 bits per heavy atom. The van der Waals surface area contributed by atoms with E-state index in [-0.39, 0.29) is 6.42 Å². The molecule has 0 aliphatic carbocycles. The molecule has 0 radical (unpaired) electrons. The molecule has 18 heavy (non-hydrogen) atoms. The number of hydrogen-bond donors (Lipinski definition) is 1. The van der Waals surface area contributed by atoms with Gasteiger partial charge < -0.3 is 5.11 Å². The second kappa shape index (κ2) is 5.60. The molecule has 1 aromatic heterocycles. The fourth-order valence-electron chi connectivity index (χ4n) is 1.62. The van der Waals surface area contributed by atoms with Gasteiger partial charge in [-0.2, -0.15) is 0 Å². The summed E-state index contributed by atoms with van der Waals surface area (Å²) in [6.07, 6.45) is 3.84. The van der Waals surface area contributed by atoms with E-state index in [1.165, 1.54) is 11.3 Å². The lowest BCUT2D eigenvalue weighted by atomic mass is 10.2. The topological polar surface area (TPSA) is 50.2 Å². The highest BCUT2D eigenvalue weighted by atomic mass is 32.1. The van der Waals surface area contributed by atoms with Gasteiger partial charge in [-0.25, -0.2) is 4.98 Å². The zero-order valence-corrected chi connectivity index (χ0v) is 10.8. The number of nitrogens with zero attached hydrogens (tertiary/aromatic N) is 1. The van der Waals surface area contributed by atoms with Crippen LogP contribution in [0.4, 0.5) is 0 Å². The summed E-state index contributed by atoms with van der Waals surface area (Å²) in [6.45, 7) is 1.88. The highest BCUT2D eigenvalue weighted by Crippen LogP contribution is 2.20. The van der Waals surface area contributed by atoms with Gasteiger partial charge in [-0.05, 0) is 18.6 Å². The van der Waals surface area contributed by atoms with E-state index in [0.29, 0.717) is 0 Å². The monoisotopic (exact) mass is 259 g/mol. The van der Waals surface area contributed by atoms with Gasteiger partial charge >= 0.3 is 5.97 Å². The van der Waals surface area contributed by atoms with Crippen LogP contribution in [0, 0.1) is 6.92 Å². The molecule has 0 spiro atoms. The van der Waals surface area contributed by atoms with Crippen molar-refractivity contribution in [3.05, 3.63) is 51.5 Å². The molecule has 0 fully saturated rings. The number of carbonyl (C=O) groups is 1. The molecule has 0 saturated carbocycles. The molecular formula is C14H13NO2S. The molecule has 1 N–H and O–H groups in total. The van der Waals surface area contributed by atoms with Crippen LogP contribution in [0.1, 0.15) is 21.1 Å². The van der Waals surface area contributed by atoms with Crippen molar-refractivity contribution in [2.45, 2.75) is 13.3 Å². The number of carboxylic acids is 1. The predicted molar refractivity (Wildman–Crippen MR) is 73.6 cm³/mol. The number of rotatable bonds is 4. The first-order chi connectivity index (χ1) is 8.65. The minimum atomic E-state index is -0.826. The van der Waals surface area contributed by atoms with E-state index in [2.05, 4.69) is 4.98 Å². The fourth-order valence-corrected chi connectivity index (χ4v) is 2.53. The normalized spacial score (nSPS) is 10.9. The van der Waals surface area contributed by atoms with Crippen molar-refractivity contribution in [2.75, 3.05) is 0 Å². The van der Waals surface area contributed by atoms with Crippen molar-refractivity contribution in [3.63, 3.8) is 0 Å². The second-order valence-corrected chi connectivity index (χ2v) is 5.14. The Morgan fingerprint density at radius 3 is 2.72 bits per heavy atom. The number of thiazole rings is 1. The molecular weight excluding hydrogens is 246 g/mol. The van der Waals surface area contributed by atoms with E-state index >= 15 is 0 Å². The third kappa shape index (κ3) is 3.28. The number of aliphatic carboxylic acids is 1. The largest absolute Gasteiger partial charge is 0.481 e. The van der Waals surface area contributed by atoms with Crippen LogP contribution >= 0.6 is 11.3 Å². The second-order valence-electron chi connectivity index (χ2n) is 3.86. The van der Waals surface area contributed by atoms with Crippen molar-refractivity contribution in [2.24, 2.45) is 0 Å². The highest BCUT2D eigenvalue weighted by molar-refractivity contribution is 7.11. The van der Waals surface area contributed by atoms with Crippen molar-refractivity contribution < 1.29 is 9.90 Å². The van der Waals surface area contributed by atoms with Gasteiger partial charge in [0.05, 0.1) is 17.1 Å². The molecule has 1 aromatic carbocycles. The van der Waals surface area contributed by atoms with E-state index in [0.717, 1.165) is 21.1 Å². The number of aryl methyl sites for hydroxylation is 1. The lowest BCUT2D eigenvalue weighted by Crippen LogP contribution is -1.99. The minimum absolute atomic E-state index is 0.0277. The van der Waals surface area contributed by atoms with Gasteiger partial charge in [0.25, 0.3) is 0 Å². The Morgan fingerprint density at radius 1 is 1.33 bits per heavy atom. The van der Waals surface area contributed by atoms with Gasteiger partial charge in [-0.3, -0.25) is 4.79 Å². The first-order valence-corrected chi connectivity index (χ1v) is 6.38. The van der Waals surface area contributed by atoms with E-state index in [1.807, 2.05) is 49.4 Å². The molecule has 0 bridgehead atoms. The Balaban J connectivity index is 2.23. The molecule has 2 aromatic rings. The quantitative estimate of drug-likeness (QED) is 0.917. The lowest BCUT2D eigenvalue weighted by Gasteiger charge is -1.94. The van der Waals surface area contributed by atoms with E-state index < -0.39 is 5.97 Å². The van der Waals surface area contributed by atoms with Crippen LogP contribution in [0.15, 0.2) is 30.3 Å². The smallest absolute Gasteiger partial charge is 0.308 e. The molecule has 92 valence electrons. The van der Waals surface area contributed by atoms with Crippen molar-refractivity contribution in [1.29, 1.82) is 0 Å². The van der Waals surface area contributed by atoms with Crippen LogP contribution in [0.2, 0.25) is 0 Å². The molecule has 0 aliphatic rings. The average molecular weight is 259 g/mol. The highest BCUT2D eigenvalue weighted by Gasteiger charge is 2.09. The summed E-state index contributed by atoms with van der Waals surface area (Å²) in [6, 6.07) is 9.87. The summed E-state index contributed by atoms with van der Waals surface area (Å²) in [4.78, 5) is 15.9. The molecule has 0 amide bonds. The number of hydrogen-bond acceptors (Lipinski definition) is 3. The van der Waals surface area contributed by atoms with Gasteiger partial charge in [-0.15, -0.1) is 11.3 Å². The zero-order valence-electron chi connectivity index (χ0n) is 9.96. The Hall–Kier alpha value is -1.94. The third-order valence-electron chi connectivity index (χ3n) is 2.38. The third-order valence-corrected chi connectivity index (χ3v) is 3.37. The first-order valence-electron chi connectivity index (χ1n) is 5.56. The summed E-state index contributed by atoms with van der Waals surface area (Å²) in [7, 11) is 0. The Bertz CT molecular complexity index is 573. The molecule has 0 atom stereocenters. The maximum atomic E-state index is 10.8. The van der Waals surface area contributed by atoms with Gasteiger partial charge in [0, 0.05) is 4.88 Å². The van der Waals surface area contributed by atoms with Crippen molar-refractivity contribution in [1.82, 2.24) is 4.98 Å². The fraction of sp³-hybridized carbons (Fsp3) is 0.143. The summed E-state index contributed by atoms with van der Waals surface area (Å²) in [5.41, 5.74) is 1.83. The number of carboxylic acid groups (broad SMARTS) is 1. The molecule has 4 heteroatoms. The summed E-state index contributed by atoms with van der Waals surface area (Å²) >= 11 is 1.43. The first kappa shape index (κ1) is 12.5. The molecule has 3 nitrogen and oxygen atoms in total. The van der Waals surface area contributed by atoms with Gasteiger partial charge in [0.2, 0.25) is 0 Å². The van der Waals surface area contributed by atoms with Gasteiger partial charge in [0.1, 0.15) is 0 Å². The van der Waals surface area contributed by atoms with Crippen LogP contribution in [0.5, 0.6) is 0 Å². The van der Waals surface area contributed by atoms with Gasteiger partial charge in [-0.1, -0.05) is 36.4 Å². The van der Waals surface area contributed by atoms with Crippen LogP contribution < -0.4 is 0 Å². The van der Waals surface area contributed by atoms with E-state index in [9.17, 15) is 4.79 Å². The lowest BCUT2D eigenvalue weighted by molar-refractivity contribution is -0.136. The maximum Gasteiger partial charge on any atom is 0.308 e. The number of benzene rings is 1. The molecule has 0 saturated heterocycles. The average Bonchev–Trinajstić information content (AvgIpc) is 2.67. The molecule has 2 rings (SSSR count). The maximum absolute atomic E-state index is 10.8. The summed E-state index contributed by atoms with van der Waals surface area (Å²) in [5, 5.41) is 9.73. The Kier molecular flexibility index (Phi) is 3.89. The van der Waals surface area contributed by atoms with Crippen LogP contribution in [-0.2, 0) is 11.2 Å². The number of aromatic nitrogens is 1. The van der Waals surface area contributed by atoms with E-state index in [1.54, 1.807) is 0 Å². The van der Waals surface area contributed by atoms with Crippen LogP contribution in [0.3, 0.4) is 0 Å². The summed E-state index contributed by atoms with van der Waals surface area (Å²) < 4.78 is 0. The van der Waals surface area contributed by atoms with Crippen LogP contribution in [0.25, 0.3) is 12.2 Å². The molecule has 0 unspecified atom stereocenters. The SMILES string of the molecule is Cc1nc(C=Cc2ccccc2)c(CC(=O)O)s1. The molecule has 0 aliphatic heterocycles. The zero-order chi connectivity index (χ0) is 13.0. The van der Waals surface area contributed by atoms with Gasteiger partial charge in [0.15, 0.2) is 0 Å². The van der Waals surface area contributed by atoms with E-state index in [4.69, 9.17) is 5.11 Å². The van der Waals surface area contributed by atoms with Crippen molar-refractivity contribution >= 4 is 29.5 Å². The summed E-state index contributed by atoms with van der Waals surface area (Å²) in [5.74, 6) is -0.826.